The van der Waals surface area contributed by atoms with E-state index in [1.54, 1.807) is 38.1 Å². The van der Waals surface area contributed by atoms with Gasteiger partial charge in [-0.2, -0.15) is 0 Å². The molecule has 1 saturated heterocycles. The molecule has 0 N–H and O–H groups in total. The average molecular weight is 486 g/mol. The number of halogens is 1. The van der Waals surface area contributed by atoms with Crippen molar-refractivity contribution in [2.45, 2.75) is 26.8 Å². The normalized spacial score (nSPS) is 16.1. The van der Waals surface area contributed by atoms with Crippen molar-refractivity contribution < 1.29 is 33.4 Å². The first-order valence-corrected chi connectivity index (χ1v) is 10.4. The summed E-state index contributed by atoms with van der Waals surface area (Å²) >= 11 is 4.10. The fourth-order valence-corrected chi connectivity index (χ4v) is 3.82. The van der Waals surface area contributed by atoms with Gasteiger partial charge >= 0.3 is 11.9 Å². The SMILES string of the molecule is CCOC(=O)COc1ccc(/C=C2\SC(=O)N([C@H](C)C(=O)OCC)C2=O)cc1Br. The molecule has 0 saturated carbocycles. The summed E-state index contributed by atoms with van der Waals surface area (Å²) in [5.41, 5.74) is 0.634. The third-order valence-corrected chi connectivity index (χ3v) is 5.25. The summed E-state index contributed by atoms with van der Waals surface area (Å²) < 4.78 is 15.6. The Morgan fingerprint density at radius 1 is 1.21 bits per heavy atom. The summed E-state index contributed by atoms with van der Waals surface area (Å²) in [6.45, 7) is 5.01. The van der Waals surface area contributed by atoms with Crippen LogP contribution in [0.2, 0.25) is 0 Å². The Morgan fingerprint density at radius 2 is 1.90 bits per heavy atom. The van der Waals surface area contributed by atoms with Crippen LogP contribution >= 0.6 is 27.7 Å². The Kier molecular flexibility index (Phi) is 8.27. The van der Waals surface area contributed by atoms with E-state index in [0.717, 1.165) is 16.7 Å². The Balaban J connectivity index is 2.12. The van der Waals surface area contributed by atoms with E-state index in [2.05, 4.69) is 15.9 Å². The third kappa shape index (κ3) is 5.83. The van der Waals surface area contributed by atoms with Crippen molar-refractivity contribution >= 4 is 56.9 Å². The van der Waals surface area contributed by atoms with Crippen molar-refractivity contribution in [3.8, 4) is 5.75 Å². The second kappa shape index (κ2) is 10.4. The van der Waals surface area contributed by atoms with Crippen LogP contribution in [0.4, 0.5) is 4.79 Å². The number of imide groups is 1. The van der Waals surface area contributed by atoms with Crippen molar-refractivity contribution in [2.24, 2.45) is 0 Å². The summed E-state index contributed by atoms with van der Waals surface area (Å²) in [5.74, 6) is -1.24. The van der Waals surface area contributed by atoms with E-state index in [1.807, 2.05) is 0 Å². The van der Waals surface area contributed by atoms with Gasteiger partial charge in [-0.05, 0) is 72.2 Å². The van der Waals surface area contributed by atoms with Crippen LogP contribution in [0.25, 0.3) is 6.08 Å². The first-order chi connectivity index (χ1) is 13.8. The molecule has 1 atom stereocenters. The van der Waals surface area contributed by atoms with Gasteiger partial charge in [-0.3, -0.25) is 14.5 Å². The molecule has 2 rings (SSSR count). The van der Waals surface area contributed by atoms with Crippen molar-refractivity contribution in [1.82, 2.24) is 4.90 Å². The lowest BCUT2D eigenvalue weighted by atomic mass is 10.2. The Labute approximate surface area is 180 Å². The van der Waals surface area contributed by atoms with Crippen LogP contribution in [0.3, 0.4) is 0 Å². The van der Waals surface area contributed by atoms with Crippen LogP contribution < -0.4 is 4.74 Å². The lowest BCUT2D eigenvalue weighted by molar-refractivity contribution is -0.150. The fraction of sp³-hybridized carbons (Fsp3) is 0.368. The van der Waals surface area contributed by atoms with E-state index in [0.29, 0.717) is 15.8 Å². The van der Waals surface area contributed by atoms with Crippen LogP contribution in [-0.2, 0) is 23.9 Å². The molecular weight excluding hydrogens is 466 g/mol. The molecule has 0 spiro atoms. The highest BCUT2D eigenvalue weighted by atomic mass is 79.9. The highest BCUT2D eigenvalue weighted by Gasteiger charge is 2.41. The zero-order chi connectivity index (χ0) is 21.6. The van der Waals surface area contributed by atoms with Crippen molar-refractivity contribution in [3.63, 3.8) is 0 Å². The molecule has 0 aliphatic carbocycles. The number of thioether (sulfide) groups is 1. The molecule has 1 aliphatic rings. The maximum atomic E-state index is 12.6. The number of esters is 2. The predicted octanol–water partition coefficient (Wildman–Crippen LogP) is 3.38. The fourth-order valence-electron chi connectivity index (χ4n) is 2.40. The summed E-state index contributed by atoms with van der Waals surface area (Å²) in [4.78, 5) is 49.1. The molecule has 29 heavy (non-hydrogen) atoms. The van der Waals surface area contributed by atoms with Gasteiger partial charge in [0.1, 0.15) is 11.8 Å². The summed E-state index contributed by atoms with van der Waals surface area (Å²) in [6, 6.07) is 3.98. The first-order valence-electron chi connectivity index (χ1n) is 8.80. The maximum absolute atomic E-state index is 12.6. The van der Waals surface area contributed by atoms with Gasteiger partial charge in [-0.25, -0.2) is 9.59 Å². The van der Waals surface area contributed by atoms with Crippen molar-refractivity contribution in [2.75, 3.05) is 19.8 Å². The molecule has 2 amide bonds. The van der Waals surface area contributed by atoms with Crippen LogP contribution in [-0.4, -0.2) is 53.8 Å². The minimum absolute atomic E-state index is 0.161. The van der Waals surface area contributed by atoms with Gasteiger partial charge in [0.2, 0.25) is 0 Å². The van der Waals surface area contributed by atoms with Crippen LogP contribution in [0.5, 0.6) is 5.75 Å². The van der Waals surface area contributed by atoms with Crippen LogP contribution in [0.1, 0.15) is 26.3 Å². The molecule has 0 unspecified atom stereocenters. The molecule has 1 aromatic carbocycles. The minimum Gasteiger partial charge on any atom is -0.481 e. The lowest BCUT2D eigenvalue weighted by Crippen LogP contribution is -2.42. The van der Waals surface area contributed by atoms with E-state index in [9.17, 15) is 19.2 Å². The average Bonchev–Trinajstić information content (AvgIpc) is 2.94. The standard InChI is InChI=1S/C19H20BrNO7S/c1-4-26-16(22)10-28-14-7-6-12(8-13(14)20)9-15-17(23)21(19(25)29-15)11(3)18(24)27-5-2/h6-9,11H,4-5,10H2,1-3H3/b15-9-/t11-/m1/s1. The van der Waals surface area contributed by atoms with Gasteiger partial charge < -0.3 is 14.2 Å². The number of hydrogen-bond acceptors (Lipinski definition) is 8. The lowest BCUT2D eigenvalue weighted by Gasteiger charge is -2.19. The number of carbonyl (C=O) groups excluding carboxylic acids is 4. The zero-order valence-corrected chi connectivity index (χ0v) is 18.5. The second-order valence-electron chi connectivity index (χ2n) is 5.76. The summed E-state index contributed by atoms with van der Waals surface area (Å²) in [7, 11) is 0. The van der Waals surface area contributed by atoms with E-state index in [1.165, 1.54) is 6.92 Å². The Bertz CT molecular complexity index is 855. The van der Waals surface area contributed by atoms with Gasteiger partial charge in [0.05, 0.1) is 22.6 Å². The van der Waals surface area contributed by atoms with E-state index >= 15 is 0 Å². The van der Waals surface area contributed by atoms with Crippen LogP contribution in [0.15, 0.2) is 27.6 Å². The van der Waals surface area contributed by atoms with Gasteiger partial charge in [0, 0.05) is 0 Å². The molecule has 1 aromatic rings. The molecule has 8 nitrogen and oxygen atoms in total. The monoisotopic (exact) mass is 485 g/mol. The highest BCUT2D eigenvalue weighted by molar-refractivity contribution is 9.10. The second-order valence-corrected chi connectivity index (χ2v) is 7.61. The summed E-state index contributed by atoms with van der Waals surface area (Å²) in [5, 5.41) is -0.532. The molecule has 0 radical (unpaired) electrons. The number of amides is 2. The molecular formula is C19H20BrNO7S. The topological polar surface area (TPSA) is 99.2 Å². The van der Waals surface area contributed by atoms with E-state index in [-0.39, 0.29) is 24.7 Å². The molecule has 1 aliphatic heterocycles. The van der Waals surface area contributed by atoms with Gasteiger partial charge in [-0.15, -0.1) is 0 Å². The zero-order valence-electron chi connectivity index (χ0n) is 16.1. The first kappa shape index (κ1) is 23.0. The Hall–Kier alpha value is -2.33. The predicted molar refractivity (Wildman–Crippen MR) is 110 cm³/mol. The van der Waals surface area contributed by atoms with Gasteiger partial charge in [0.25, 0.3) is 11.1 Å². The number of benzene rings is 1. The number of nitrogens with zero attached hydrogens (tertiary/aromatic N) is 1. The number of ether oxygens (including phenoxy) is 3. The van der Waals surface area contributed by atoms with Gasteiger partial charge in [-0.1, -0.05) is 6.07 Å². The number of hydrogen-bond donors (Lipinski definition) is 0. The van der Waals surface area contributed by atoms with Gasteiger partial charge in [0.15, 0.2) is 6.61 Å². The Morgan fingerprint density at radius 3 is 2.52 bits per heavy atom. The molecule has 0 bridgehead atoms. The molecule has 156 valence electrons. The number of carbonyl (C=O) groups is 4. The van der Waals surface area contributed by atoms with Crippen molar-refractivity contribution in [1.29, 1.82) is 0 Å². The molecule has 10 heteroatoms. The van der Waals surface area contributed by atoms with E-state index < -0.39 is 29.1 Å². The van der Waals surface area contributed by atoms with E-state index in [4.69, 9.17) is 14.2 Å². The quantitative estimate of drug-likeness (QED) is 0.408. The van der Waals surface area contributed by atoms with Crippen molar-refractivity contribution in [3.05, 3.63) is 33.1 Å². The third-order valence-electron chi connectivity index (χ3n) is 3.74. The maximum Gasteiger partial charge on any atom is 0.344 e. The largest absolute Gasteiger partial charge is 0.481 e. The minimum atomic E-state index is -1.00. The number of rotatable bonds is 8. The molecule has 1 fully saturated rings. The molecule has 1 heterocycles. The smallest absolute Gasteiger partial charge is 0.344 e. The highest BCUT2D eigenvalue weighted by Crippen LogP contribution is 2.35. The van der Waals surface area contributed by atoms with Crippen LogP contribution in [0, 0.1) is 0 Å². The summed E-state index contributed by atoms with van der Waals surface area (Å²) in [6.07, 6.45) is 1.54. The molecule has 0 aromatic heterocycles.